The van der Waals surface area contributed by atoms with Crippen molar-refractivity contribution < 1.29 is 18.8 Å². The molecular formula is C19H32BN3O4. The minimum absolute atomic E-state index is 0.127. The molecule has 2 saturated heterocycles. The summed E-state index contributed by atoms with van der Waals surface area (Å²) in [5, 5.41) is 4.70. The number of rotatable bonds is 2. The van der Waals surface area contributed by atoms with E-state index < -0.39 is 12.7 Å². The lowest BCUT2D eigenvalue weighted by Gasteiger charge is -2.34. The molecule has 7 nitrogen and oxygen atoms in total. The minimum Gasteiger partial charge on any atom is -0.444 e. The third-order valence-corrected chi connectivity index (χ3v) is 5.55. The van der Waals surface area contributed by atoms with Crippen LogP contribution in [0.5, 0.6) is 0 Å². The minimum atomic E-state index is -0.486. The summed E-state index contributed by atoms with van der Waals surface area (Å²) < 4.78 is 19.6. The van der Waals surface area contributed by atoms with Gasteiger partial charge in [0.05, 0.1) is 22.8 Å². The Bertz CT molecular complexity index is 679. The number of nitrogens with zero attached hydrogens (tertiary/aromatic N) is 3. The highest BCUT2D eigenvalue weighted by atomic mass is 16.7. The zero-order valence-electron chi connectivity index (χ0n) is 17.6. The van der Waals surface area contributed by atoms with Crippen LogP contribution in [0.1, 0.15) is 67.3 Å². The summed E-state index contributed by atoms with van der Waals surface area (Å²) in [6, 6.07) is 2.07. The van der Waals surface area contributed by atoms with Gasteiger partial charge in [-0.3, -0.25) is 4.68 Å². The Morgan fingerprint density at radius 3 is 2.48 bits per heavy atom. The molecule has 0 aliphatic carbocycles. The first-order valence-electron chi connectivity index (χ1n) is 9.77. The molecule has 27 heavy (non-hydrogen) atoms. The van der Waals surface area contributed by atoms with Gasteiger partial charge >= 0.3 is 13.2 Å². The van der Waals surface area contributed by atoms with Crippen LogP contribution in [0, 0.1) is 0 Å². The van der Waals surface area contributed by atoms with Crippen molar-refractivity contribution >= 4 is 18.8 Å². The summed E-state index contributed by atoms with van der Waals surface area (Å²) in [6.07, 6.45) is 3.59. The molecule has 1 atom stereocenters. The molecule has 2 aliphatic heterocycles. The third-order valence-electron chi connectivity index (χ3n) is 5.55. The van der Waals surface area contributed by atoms with Gasteiger partial charge in [0.1, 0.15) is 5.60 Å². The van der Waals surface area contributed by atoms with Crippen LogP contribution >= 0.6 is 0 Å². The van der Waals surface area contributed by atoms with Crippen LogP contribution in [0.4, 0.5) is 4.79 Å². The van der Waals surface area contributed by atoms with E-state index in [1.54, 1.807) is 4.90 Å². The maximum absolute atomic E-state index is 12.4. The highest BCUT2D eigenvalue weighted by Crippen LogP contribution is 2.36. The van der Waals surface area contributed by atoms with Gasteiger partial charge in [-0.2, -0.15) is 5.10 Å². The van der Waals surface area contributed by atoms with Crippen molar-refractivity contribution in [1.82, 2.24) is 14.7 Å². The van der Waals surface area contributed by atoms with Crippen molar-refractivity contribution in [2.24, 2.45) is 0 Å². The number of carbonyl (C=O) groups excluding carboxylic acids is 1. The van der Waals surface area contributed by atoms with E-state index in [9.17, 15) is 4.79 Å². The van der Waals surface area contributed by atoms with Gasteiger partial charge < -0.3 is 18.9 Å². The second-order valence-electron chi connectivity index (χ2n) is 9.53. The van der Waals surface area contributed by atoms with Crippen molar-refractivity contribution in [3.05, 3.63) is 12.3 Å². The first kappa shape index (κ1) is 20.2. The van der Waals surface area contributed by atoms with E-state index in [-0.39, 0.29) is 23.3 Å². The van der Waals surface area contributed by atoms with Crippen molar-refractivity contribution in [3.63, 3.8) is 0 Å². The second kappa shape index (κ2) is 6.81. The average molecular weight is 377 g/mol. The van der Waals surface area contributed by atoms with Gasteiger partial charge in [-0.05, 0) is 67.4 Å². The van der Waals surface area contributed by atoms with Crippen LogP contribution in [-0.4, -0.2) is 57.8 Å². The molecule has 1 amide bonds. The maximum Gasteiger partial charge on any atom is 0.516 e. The number of hydrogen-bond acceptors (Lipinski definition) is 5. The van der Waals surface area contributed by atoms with Gasteiger partial charge in [-0.1, -0.05) is 0 Å². The van der Waals surface area contributed by atoms with Gasteiger partial charge in [0.2, 0.25) is 0 Å². The lowest BCUT2D eigenvalue weighted by Crippen LogP contribution is -2.44. The topological polar surface area (TPSA) is 65.8 Å². The largest absolute Gasteiger partial charge is 0.516 e. The quantitative estimate of drug-likeness (QED) is 0.742. The van der Waals surface area contributed by atoms with Gasteiger partial charge in [0, 0.05) is 19.3 Å². The molecule has 3 heterocycles. The van der Waals surface area contributed by atoms with Gasteiger partial charge in [-0.15, -0.1) is 0 Å². The van der Waals surface area contributed by atoms with E-state index in [1.807, 2.05) is 65.4 Å². The number of likely N-dealkylation sites (tertiary alicyclic amines) is 1. The van der Waals surface area contributed by atoms with Gasteiger partial charge in [0.25, 0.3) is 0 Å². The molecule has 0 spiro atoms. The monoisotopic (exact) mass is 377 g/mol. The fraction of sp³-hybridized carbons (Fsp3) is 0.789. The molecule has 0 unspecified atom stereocenters. The molecule has 1 aromatic heterocycles. The third kappa shape index (κ3) is 4.32. The summed E-state index contributed by atoms with van der Waals surface area (Å²) in [6.45, 7) is 15.1. The first-order chi connectivity index (χ1) is 12.4. The Hall–Kier alpha value is -1.54. The summed E-state index contributed by atoms with van der Waals surface area (Å²) in [4.78, 5) is 14.2. The number of piperidine rings is 1. The SMILES string of the molecule is CC(C)(C)OC(=O)N1CCC[C@H](n2ccc(B3OC(C)(C)C(C)(C)O3)n2)C1. The Morgan fingerprint density at radius 2 is 1.89 bits per heavy atom. The Labute approximate surface area is 162 Å². The van der Waals surface area contributed by atoms with Crippen LogP contribution in [-0.2, 0) is 14.0 Å². The van der Waals surface area contributed by atoms with Crippen molar-refractivity contribution in [2.75, 3.05) is 13.1 Å². The molecule has 1 aromatic rings. The highest BCUT2D eigenvalue weighted by Gasteiger charge is 2.52. The van der Waals surface area contributed by atoms with E-state index in [0.29, 0.717) is 6.54 Å². The zero-order valence-corrected chi connectivity index (χ0v) is 17.6. The fourth-order valence-corrected chi connectivity index (χ4v) is 3.31. The summed E-state index contributed by atoms with van der Waals surface area (Å²) in [5.74, 6) is 0. The number of amides is 1. The second-order valence-corrected chi connectivity index (χ2v) is 9.53. The smallest absolute Gasteiger partial charge is 0.444 e. The highest BCUT2D eigenvalue weighted by molar-refractivity contribution is 6.61. The molecule has 0 saturated carbocycles. The Kier molecular flexibility index (Phi) is 5.10. The van der Waals surface area contributed by atoms with Gasteiger partial charge in [0.15, 0.2) is 0 Å². The molecular weight excluding hydrogens is 345 g/mol. The normalized spacial score (nSPS) is 24.9. The fourth-order valence-electron chi connectivity index (χ4n) is 3.31. The standard InChI is InChI=1S/C19H32BN3O4/c1-17(2,3)25-16(24)22-11-8-9-14(13-22)23-12-10-15(21-23)20-26-18(4,5)19(6,7)27-20/h10,12,14H,8-9,11,13H2,1-7H3/t14-/m0/s1. The van der Waals surface area contributed by atoms with Crippen LogP contribution in [0.2, 0.25) is 0 Å². The zero-order chi connectivity index (χ0) is 20.0. The number of aromatic nitrogens is 2. The molecule has 2 fully saturated rings. The van der Waals surface area contributed by atoms with E-state index in [0.717, 1.165) is 25.0 Å². The molecule has 0 aromatic carbocycles. The molecule has 2 aliphatic rings. The molecule has 8 heteroatoms. The Morgan fingerprint density at radius 1 is 1.26 bits per heavy atom. The van der Waals surface area contributed by atoms with Crippen molar-refractivity contribution in [2.45, 2.75) is 84.2 Å². The van der Waals surface area contributed by atoms with Crippen LogP contribution in [0.25, 0.3) is 0 Å². The summed E-state index contributed by atoms with van der Waals surface area (Å²) in [7, 11) is -0.471. The molecule has 0 N–H and O–H groups in total. The van der Waals surface area contributed by atoms with E-state index in [1.165, 1.54) is 0 Å². The first-order valence-corrected chi connectivity index (χ1v) is 9.77. The number of ether oxygens (including phenoxy) is 1. The molecule has 0 bridgehead atoms. The molecule has 3 rings (SSSR count). The summed E-state index contributed by atoms with van der Waals surface area (Å²) in [5.41, 5.74) is -0.498. The molecule has 150 valence electrons. The molecule has 0 radical (unpaired) electrons. The lowest BCUT2D eigenvalue weighted by molar-refractivity contribution is 0.00578. The van der Waals surface area contributed by atoms with E-state index in [2.05, 4.69) is 0 Å². The van der Waals surface area contributed by atoms with Crippen molar-refractivity contribution in [3.8, 4) is 0 Å². The number of hydrogen-bond donors (Lipinski definition) is 0. The van der Waals surface area contributed by atoms with Crippen LogP contribution in [0.3, 0.4) is 0 Å². The predicted molar refractivity (Wildman–Crippen MR) is 104 cm³/mol. The van der Waals surface area contributed by atoms with Crippen LogP contribution in [0.15, 0.2) is 12.3 Å². The van der Waals surface area contributed by atoms with Crippen molar-refractivity contribution in [1.29, 1.82) is 0 Å². The van der Waals surface area contributed by atoms with E-state index >= 15 is 0 Å². The predicted octanol–water partition coefficient (Wildman–Crippen LogP) is 2.75. The van der Waals surface area contributed by atoms with Crippen LogP contribution < -0.4 is 5.59 Å². The average Bonchev–Trinajstić information content (AvgIpc) is 3.09. The lowest BCUT2D eigenvalue weighted by atomic mass is 9.85. The number of carbonyl (C=O) groups is 1. The van der Waals surface area contributed by atoms with Gasteiger partial charge in [-0.25, -0.2) is 4.79 Å². The Balaban J connectivity index is 1.67. The maximum atomic E-state index is 12.4. The van der Waals surface area contributed by atoms with E-state index in [4.69, 9.17) is 19.1 Å². The summed E-state index contributed by atoms with van der Waals surface area (Å²) >= 11 is 0.